The lowest BCUT2D eigenvalue weighted by atomic mass is 10.1. The number of aryl methyl sites for hydroxylation is 1. The number of amides is 1. The summed E-state index contributed by atoms with van der Waals surface area (Å²) >= 11 is 0. The molecule has 1 aliphatic rings. The predicted molar refractivity (Wildman–Crippen MR) is 79.3 cm³/mol. The van der Waals surface area contributed by atoms with Crippen molar-refractivity contribution in [3.05, 3.63) is 41.9 Å². The van der Waals surface area contributed by atoms with Gasteiger partial charge in [0.25, 0.3) is 5.91 Å². The topological polar surface area (TPSA) is 72.5 Å². The minimum Gasteiger partial charge on any atom is -0.453 e. The third-order valence-electron chi connectivity index (χ3n) is 3.82. The van der Waals surface area contributed by atoms with E-state index < -0.39 is 0 Å². The number of rotatable bonds is 4. The van der Waals surface area contributed by atoms with Gasteiger partial charge < -0.3 is 23.9 Å². The fourth-order valence-corrected chi connectivity index (χ4v) is 2.73. The minimum absolute atomic E-state index is 0.0998. The molecule has 0 spiro atoms. The molecule has 3 heterocycles. The largest absolute Gasteiger partial charge is 0.453 e. The van der Waals surface area contributed by atoms with Crippen molar-refractivity contribution >= 4 is 5.91 Å². The third-order valence-corrected chi connectivity index (χ3v) is 3.82. The highest BCUT2D eigenvalue weighted by molar-refractivity contribution is 5.92. The van der Waals surface area contributed by atoms with Gasteiger partial charge in [-0.05, 0) is 12.1 Å². The highest BCUT2D eigenvalue weighted by atomic mass is 16.5. The molecule has 7 heteroatoms. The molecule has 1 unspecified atom stereocenters. The number of furan rings is 1. The second-order valence-corrected chi connectivity index (χ2v) is 5.31. The maximum Gasteiger partial charge on any atom is 0.290 e. The Kier molecular flexibility index (Phi) is 4.26. The number of carbonyl (C=O) groups excluding carboxylic acids is 1. The maximum atomic E-state index is 12.8. The molecule has 1 atom stereocenters. The quantitative estimate of drug-likeness (QED) is 0.910. The van der Waals surface area contributed by atoms with Crippen LogP contribution >= 0.6 is 0 Å². The van der Waals surface area contributed by atoms with E-state index in [4.69, 9.17) is 9.15 Å². The predicted octanol–water partition coefficient (Wildman–Crippen LogP) is 0.946. The first-order chi connectivity index (χ1) is 10.7. The number of methoxy groups -OCH3 is 1. The van der Waals surface area contributed by atoms with Crippen molar-refractivity contribution < 1.29 is 13.9 Å². The van der Waals surface area contributed by atoms with Crippen molar-refractivity contribution in [1.82, 2.24) is 19.8 Å². The second-order valence-electron chi connectivity index (χ2n) is 5.31. The Morgan fingerprint density at radius 3 is 3.14 bits per heavy atom. The van der Waals surface area contributed by atoms with Crippen molar-refractivity contribution in [3.8, 4) is 0 Å². The lowest BCUT2D eigenvalue weighted by Gasteiger charge is -2.35. The van der Waals surface area contributed by atoms with Crippen LogP contribution in [-0.2, 0) is 18.4 Å². The first-order valence-electron chi connectivity index (χ1n) is 7.27. The number of nitrogens with one attached hydrogen (secondary N) is 1. The number of hydrogen-bond donors (Lipinski definition) is 1. The minimum atomic E-state index is -0.114. The van der Waals surface area contributed by atoms with Crippen molar-refractivity contribution in [2.24, 2.45) is 7.05 Å². The van der Waals surface area contributed by atoms with Gasteiger partial charge in [-0.3, -0.25) is 4.79 Å². The van der Waals surface area contributed by atoms with E-state index in [9.17, 15) is 4.79 Å². The smallest absolute Gasteiger partial charge is 0.290 e. The molecule has 1 saturated heterocycles. The molecule has 1 N–H and O–H groups in total. The number of imidazole rings is 1. The number of piperazine rings is 1. The summed E-state index contributed by atoms with van der Waals surface area (Å²) in [4.78, 5) is 19.0. The summed E-state index contributed by atoms with van der Waals surface area (Å²) in [5.74, 6) is 1.74. The van der Waals surface area contributed by atoms with Gasteiger partial charge in [-0.15, -0.1) is 0 Å². The molecular formula is C15H20N4O3. The van der Waals surface area contributed by atoms with Crippen LogP contribution in [0.25, 0.3) is 0 Å². The van der Waals surface area contributed by atoms with Crippen LogP contribution in [0.5, 0.6) is 0 Å². The highest BCUT2D eigenvalue weighted by Gasteiger charge is 2.32. The first-order valence-corrected chi connectivity index (χ1v) is 7.27. The standard InChI is InChI=1S/C15H20N4O3/c1-18-7-6-17-14(18)12-9-16-5-8-19(12)15(20)13-4-3-11(22-13)10-21-2/h3-4,6-7,12,16H,5,8-10H2,1-2H3. The third kappa shape index (κ3) is 2.77. The number of nitrogens with zero attached hydrogens (tertiary/aromatic N) is 3. The highest BCUT2D eigenvalue weighted by Crippen LogP contribution is 2.23. The molecule has 7 nitrogen and oxygen atoms in total. The van der Waals surface area contributed by atoms with Crippen molar-refractivity contribution in [1.29, 1.82) is 0 Å². The van der Waals surface area contributed by atoms with E-state index in [-0.39, 0.29) is 11.9 Å². The summed E-state index contributed by atoms with van der Waals surface area (Å²) in [5.41, 5.74) is 0. The lowest BCUT2D eigenvalue weighted by molar-refractivity contribution is 0.0581. The summed E-state index contributed by atoms with van der Waals surface area (Å²) in [6, 6.07) is 3.38. The van der Waals surface area contributed by atoms with Gasteiger partial charge in [0.05, 0.1) is 0 Å². The van der Waals surface area contributed by atoms with E-state index in [1.165, 1.54) is 0 Å². The summed E-state index contributed by atoms with van der Waals surface area (Å²) in [6.45, 7) is 2.43. The number of ether oxygens (including phenoxy) is 1. The van der Waals surface area contributed by atoms with Crippen LogP contribution in [0.2, 0.25) is 0 Å². The van der Waals surface area contributed by atoms with E-state index in [1.807, 2.05) is 22.7 Å². The molecule has 0 radical (unpaired) electrons. The van der Waals surface area contributed by atoms with Gasteiger partial charge in [0.2, 0.25) is 0 Å². The Labute approximate surface area is 128 Å². The van der Waals surface area contributed by atoms with Crippen LogP contribution in [0.1, 0.15) is 28.2 Å². The molecule has 0 bridgehead atoms. The van der Waals surface area contributed by atoms with Gasteiger partial charge in [-0.2, -0.15) is 0 Å². The van der Waals surface area contributed by atoms with Crippen LogP contribution in [0.4, 0.5) is 0 Å². The Bertz CT molecular complexity index is 649. The fourth-order valence-electron chi connectivity index (χ4n) is 2.73. The van der Waals surface area contributed by atoms with Gasteiger partial charge in [0.15, 0.2) is 5.76 Å². The molecule has 0 saturated carbocycles. The molecule has 3 rings (SSSR count). The Balaban J connectivity index is 1.83. The summed E-state index contributed by atoms with van der Waals surface area (Å²) in [6.07, 6.45) is 3.63. The Hall–Kier alpha value is -2.12. The van der Waals surface area contributed by atoms with Crippen molar-refractivity contribution in [2.75, 3.05) is 26.7 Å². The van der Waals surface area contributed by atoms with Gasteiger partial charge >= 0.3 is 0 Å². The SMILES string of the molecule is COCc1ccc(C(=O)N2CCNCC2c2nccn2C)o1. The van der Waals surface area contributed by atoms with E-state index in [2.05, 4.69) is 10.3 Å². The molecule has 0 aromatic carbocycles. The van der Waals surface area contributed by atoms with Crippen LogP contribution in [0, 0.1) is 0 Å². The zero-order valence-corrected chi connectivity index (χ0v) is 12.8. The lowest BCUT2D eigenvalue weighted by Crippen LogP contribution is -2.49. The first kappa shape index (κ1) is 14.8. The summed E-state index contributed by atoms with van der Waals surface area (Å²) in [5, 5.41) is 3.31. The molecule has 1 aliphatic heterocycles. The van der Waals surface area contributed by atoms with Crippen LogP contribution in [0.3, 0.4) is 0 Å². The van der Waals surface area contributed by atoms with E-state index in [0.717, 1.165) is 12.4 Å². The average molecular weight is 304 g/mol. The van der Waals surface area contributed by atoms with Gasteiger partial charge in [-0.1, -0.05) is 0 Å². The van der Waals surface area contributed by atoms with Gasteiger partial charge in [-0.25, -0.2) is 4.98 Å². The molecule has 2 aromatic rings. The van der Waals surface area contributed by atoms with Crippen molar-refractivity contribution in [3.63, 3.8) is 0 Å². The molecule has 0 aliphatic carbocycles. The normalized spacial score (nSPS) is 18.6. The zero-order chi connectivity index (χ0) is 15.5. The molecule has 1 amide bonds. The molecule has 118 valence electrons. The van der Waals surface area contributed by atoms with E-state index in [1.54, 1.807) is 25.4 Å². The van der Waals surface area contributed by atoms with Crippen LogP contribution in [-0.4, -0.2) is 47.1 Å². The van der Waals surface area contributed by atoms with Gasteiger partial charge in [0.1, 0.15) is 24.2 Å². The molecule has 2 aromatic heterocycles. The van der Waals surface area contributed by atoms with Gasteiger partial charge in [0, 0.05) is 46.2 Å². The van der Waals surface area contributed by atoms with Crippen LogP contribution < -0.4 is 5.32 Å². The summed E-state index contributed by atoms with van der Waals surface area (Å²) in [7, 11) is 3.53. The van der Waals surface area contributed by atoms with Crippen molar-refractivity contribution in [2.45, 2.75) is 12.6 Å². The number of hydrogen-bond acceptors (Lipinski definition) is 5. The van der Waals surface area contributed by atoms with Crippen LogP contribution in [0.15, 0.2) is 28.9 Å². The monoisotopic (exact) mass is 304 g/mol. The molecular weight excluding hydrogens is 284 g/mol. The Morgan fingerprint density at radius 2 is 2.41 bits per heavy atom. The maximum absolute atomic E-state index is 12.8. The second kappa shape index (κ2) is 6.33. The van der Waals surface area contributed by atoms with E-state index >= 15 is 0 Å². The molecule has 22 heavy (non-hydrogen) atoms. The average Bonchev–Trinajstić information content (AvgIpc) is 3.16. The molecule has 1 fully saturated rings. The Morgan fingerprint density at radius 1 is 1.55 bits per heavy atom. The van der Waals surface area contributed by atoms with E-state index in [0.29, 0.717) is 31.2 Å². The zero-order valence-electron chi connectivity index (χ0n) is 12.8. The number of carbonyl (C=O) groups is 1. The number of aromatic nitrogens is 2. The summed E-state index contributed by atoms with van der Waals surface area (Å²) < 4.78 is 12.5. The fraction of sp³-hybridized carbons (Fsp3) is 0.467.